The van der Waals surface area contributed by atoms with E-state index in [9.17, 15) is 0 Å². The third-order valence-electron chi connectivity index (χ3n) is 0.496. The molecule has 0 aromatic carbocycles. The molecule has 0 radical (unpaired) electrons. The van der Waals surface area contributed by atoms with Crippen molar-refractivity contribution in [1.29, 1.82) is 0 Å². The van der Waals surface area contributed by atoms with Crippen molar-refractivity contribution < 1.29 is 4.84 Å². The topological polar surface area (TPSA) is 33.6 Å². The molecule has 0 aliphatic heterocycles. The molecular weight excluding hydrogens is 148 g/mol. The Hall–Kier alpha value is -0.480. The van der Waals surface area contributed by atoms with Gasteiger partial charge < -0.3 is 0 Å². The van der Waals surface area contributed by atoms with Crippen molar-refractivity contribution >= 4 is 23.5 Å². The van der Waals surface area contributed by atoms with Crippen molar-refractivity contribution in [2.75, 3.05) is 7.11 Å². The summed E-state index contributed by atoms with van der Waals surface area (Å²) in [7, 11) is 1.52. The maximum atomic E-state index is 4.51. The lowest BCUT2D eigenvalue weighted by molar-refractivity contribution is 0.144. The average Bonchev–Trinajstić information content (AvgIpc) is 1.93. The Labute approximate surface area is 67.4 Å². The molecule has 0 atom stereocenters. The summed E-state index contributed by atoms with van der Waals surface area (Å²) in [5, 5.41) is 0. The molecule has 0 fully saturated rings. The molecule has 0 saturated heterocycles. The number of nitrogens with zero attached hydrogens (tertiary/aromatic N) is 1. The molecule has 0 rings (SSSR count). The summed E-state index contributed by atoms with van der Waals surface area (Å²) in [4.78, 5) is 8.19. The monoisotopic (exact) mass is 162 g/mol. The third kappa shape index (κ3) is 10.5. The van der Waals surface area contributed by atoms with Crippen LogP contribution in [0.4, 0.5) is 0 Å². The van der Waals surface area contributed by atoms with Crippen LogP contribution in [-0.4, -0.2) is 18.4 Å². The number of aliphatic imine (C=N–C) groups is 1. The Morgan fingerprint density at radius 1 is 1.60 bits per heavy atom. The fourth-order valence-electron chi connectivity index (χ4n) is 0.253. The second-order valence-electron chi connectivity index (χ2n) is 1.13. The van der Waals surface area contributed by atoms with Crippen LogP contribution in [0.2, 0.25) is 0 Å². The summed E-state index contributed by atoms with van der Waals surface area (Å²) in [6, 6.07) is 0. The maximum absolute atomic E-state index is 4.51. The van der Waals surface area contributed by atoms with Gasteiger partial charge in [0.15, 0.2) is 0 Å². The lowest BCUT2D eigenvalue weighted by Crippen LogP contribution is -2.18. The van der Waals surface area contributed by atoms with Gasteiger partial charge in [-0.15, -0.1) is 0 Å². The molecule has 0 unspecified atom stereocenters. The number of hydroxylamine groups is 1. The van der Waals surface area contributed by atoms with Crippen LogP contribution in [0, 0.1) is 0 Å². The van der Waals surface area contributed by atoms with Crippen LogP contribution in [0.1, 0.15) is 20.8 Å². The summed E-state index contributed by atoms with van der Waals surface area (Å²) < 4.78 is 0. The van der Waals surface area contributed by atoms with Crippen LogP contribution < -0.4 is 5.48 Å². The van der Waals surface area contributed by atoms with E-state index in [0.717, 1.165) is 0 Å². The zero-order valence-electron chi connectivity index (χ0n) is 6.84. The van der Waals surface area contributed by atoms with Gasteiger partial charge in [0.2, 0.25) is 0 Å². The lowest BCUT2D eigenvalue weighted by atomic mass is 10.7. The van der Waals surface area contributed by atoms with Gasteiger partial charge in [-0.05, 0) is 6.92 Å². The van der Waals surface area contributed by atoms with E-state index in [0.29, 0.717) is 5.84 Å². The van der Waals surface area contributed by atoms with E-state index in [4.69, 9.17) is 0 Å². The number of hydrogen-bond acceptors (Lipinski definition) is 2. The van der Waals surface area contributed by atoms with Gasteiger partial charge in [-0.25, -0.2) is 4.99 Å². The highest BCUT2D eigenvalue weighted by atomic mass is 32.1. The van der Waals surface area contributed by atoms with Gasteiger partial charge in [-0.1, -0.05) is 26.1 Å². The number of hydrogen-bond donors (Lipinski definition) is 1. The molecule has 0 amide bonds. The Balaban J connectivity index is 0. The van der Waals surface area contributed by atoms with Crippen LogP contribution in [-0.2, 0) is 4.84 Å². The van der Waals surface area contributed by atoms with Crippen molar-refractivity contribution in [2.24, 2.45) is 4.99 Å². The van der Waals surface area contributed by atoms with E-state index in [-0.39, 0.29) is 0 Å². The van der Waals surface area contributed by atoms with Gasteiger partial charge >= 0.3 is 0 Å². The summed E-state index contributed by atoms with van der Waals surface area (Å²) >= 11 is 4.43. The highest BCUT2D eigenvalue weighted by Gasteiger charge is 1.79. The largest absolute Gasteiger partial charge is 0.278 e. The van der Waals surface area contributed by atoms with Crippen LogP contribution in [0.15, 0.2) is 4.99 Å². The van der Waals surface area contributed by atoms with Crippen molar-refractivity contribution in [3.8, 4) is 0 Å². The molecule has 0 aromatic rings. The number of thiocarbonyl (C=S) groups is 1. The summed E-state index contributed by atoms with van der Waals surface area (Å²) in [6.45, 7) is 5.76. The molecule has 60 valence electrons. The molecular formula is C6H14N2OS. The summed E-state index contributed by atoms with van der Waals surface area (Å²) in [6.07, 6.45) is 0. The fraction of sp³-hybridized carbons (Fsp3) is 0.667. The quantitative estimate of drug-likeness (QED) is 0.289. The standard InChI is InChI=1S/C4H8N2OS.C2H6/c1-4(5-3-8)6-7-2;1-2/h3H,1-2H3,(H,5,6,8);1-2H3. The van der Waals surface area contributed by atoms with Crippen LogP contribution in [0.5, 0.6) is 0 Å². The molecule has 0 saturated carbocycles. The van der Waals surface area contributed by atoms with Gasteiger partial charge in [0.25, 0.3) is 0 Å². The molecule has 0 bridgehead atoms. The van der Waals surface area contributed by atoms with Crippen LogP contribution in [0.25, 0.3) is 0 Å². The molecule has 10 heavy (non-hydrogen) atoms. The molecule has 1 N–H and O–H groups in total. The zero-order chi connectivity index (χ0) is 8.41. The second-order valence-corrected chi connectivity index (χ2v) is 1.34. The van der Waals surface area contributed by atoms with E-state index in [1.54, 1.807) is 6.92 Å². The van der Waals surface area contributed by atoms with Crippen molar-refractivity contribution in [3.63, 3.8) is 0 Å². The van der Waals surface area contributed by atoms with Crippen LogP contribution >= 0.6 is 12.2 Å². The van der Waals surface area contributed by atoms with Gasteiger partial charge in [-0.3, -0.25) is 10.3 Å². The van der Waals surface area contributed by atoms with Gasteiger partial charge in [0.05, 0.1) is 12.6 Å². The summed E-state index contributed by atoms with van der Waals surface area (Å²) in [5.74, 6) is 0.655. The lowest BCUT2D eigenvalue weighted by Gasteiger charge is -1.96. The smallest absolute Gasteiger partial charge is 0.123 e. The fourth-order valence-corrected chi connectivity index (χ4v) is 0.411. The predicted molar refractivity (Wildman–Crippen MR) is 48.3 cm³/mol. The Bertz CT molecular complexity index is 104. The molecule has 0 spiro atoms. The Morgan fingerprint density at radius 2 is 2.10 bits per heavy atom. The zero-order valence-corrected chi connectivity index (χ0v) is 7.66. The number of nitrogens with one attached hydrogen (secondary N) is 1. The SMILES string of the molecule is CC.CONC(C)=NC=S. The van der Waals surface area contributed by atoms with E-state index in [2.05, 4.69) is 27.5 Å². The normalized spacial score (nSPS) is 9.40. The highest BCUT2D eigenvalue weighted by Crippen LogP contribution is 1.67. The third-order valence-corrected chi connectivity index (χ3v) is 0.602. The van der Waals surface area contributed by atoms with Crippen LogP contribution in [0.3, 0.4) is 0 Å². The first-order chi connectivity index (χ1) is 4.81. The minimum atomic E-state index is 0.655. The molecule has 0 heterocycles. The molecule has 4 heteroatoms. The Morgan fingerprint density at radius 3 is 2.40 bits per heavy atom. The maximum Gasteiger partial charge on any atom is 0.123 e. The molecule has 0 aliphatic rings. The molecule has 3 nitrogen and oxygen atoms in total. The van der Waals surface area contributed by atoms with Crippen molar-refractivity contribution in [1.82, 2.24) is 5.48 Å². The first-order valence-electron chi connectivity index (χ1n) is 3.08. The summed E-state index contributed by atoms with van der Waals surface area (Å²) in [5.41, 5.74) is 3.78. The number of amidine groups is 1. The Kier molecular flexibility index (Phi) is 13.9. The van der Waals surface area contributed by atoms with Crippen molar-refractivity contribution in [2.45, 2.75) is 20.8 Å². The van der Waals surface area contributed by atoms with E-state index < -0.39 is 0 Å². The second kappa shape index (κ2) is 11.3. The van der Waals surface area contributed by atoms with Gasteiger partial charge in [0, 0.05) is 0 Å². The molecule has 0 aliphatic carbocycles. The minimum absolute atomic E-state index is 0.655. The first-order valence-corrected chi connectivity index (χ1v) is 3.55. The van der Waals surface area contributed by atoms with E-state index in [1.165, 1.54) is 12.6 Å². The van der Waals surface area contributed by atoms with E-state index in [1.807, 2.05) is 13.8 Å². The first kappa shape index (κ1) is 12.2. The van der Waals surface area contributed by atoms with Crippen molar-refractivity contribution in [3.05, 3.63) is 0 Å². The predicted octanol–water partition coefficient (Wildman–Crippen LogP) is 1.54. The number of rotatable bonds is 2. The van der Waals surface area contributed by atoms with E-state index >= 15 is 0 Å². The average molecular weight is 162 g/mol. The minimum Gasteiger partial charge on any atom is -0.278 e. The van der Waals surface area contributed by atoms with Gasteiger partial charge in [-0.2, -0.15) is 0 Å². The highest BCUT2D eigenvalue weighted by molar-refractivity contribution is 7.78. The van der Waals surface area contributed by atoms with Gasteiger partial charge in [0.1, 0.15) is 5.84 Å². The molecule has 0 aromatic heterocycles.